The lowest BCUT2D eigenvalue weighted by Gasteiger charge is -2.23. The highest BCUT2D eigenvalue weighted by molar-refractivity contribution is 5.96. The average molecular weight is 369 g/mol. The van der Waals surface area contributed by atoms with Gasteiger partial charge in [-0.05, 0) is 43.0 Å². The van der Waals surface area contributed by atoms with E-state index in [0.29, 0.717) is 23.6 Å². The molecule has 1 aliphatic rings. The van der Waals surface area contributed by atoms with Crippen LogP contribution in [0, 0.1) is 0 Å². The van der Waals surface area contributed by atoms with Crippen LogP contribution in [0.4, 0.5) is 5.69 Å². The molecule has 0 bridgehead atoms. The number of hydrogen-bond donors (Lipinski definition) is 2. The lowest BCUT2D eigenvalue weighted by Crippen LogP contribution is -2.26. The van der Waals surface area contributed by atoms with E-state index < -0.39 is 5.97 Å². The number of amides is 1. The summed E-state index contributed by atoms with van der Waals surface area (Å²) in [5, 5.41) is 12.1. The zero-order valence-electron chi connectivity index (χ0n) is 15.0. The van der Waals surface area contributed by atoms with Crippen LogP contribution in [0.2, 0.25) is 0 Å². The Morgan fingerprint density at radius 3 is 2.67 bits per heavy atom. The summed E-state index contributed by atoms with van der Waals surface area (Å²) in [5.41, 5.74) is 1.16. The number of nitrogens with one attached hydrogen (secondary N) is 1. The minimum atomic E-state index is -1.05. The molecule has 1 fully saturated rings. The number of ether oxygens (including phenoxy) is 2. The highest BCUT2D eigenvalue weighted by Gasteiger charge is 2.17. The molecule has 2 aromatic carbocycles. The van der Waals surface area contributed by atoms with Crippen molar-refractivity contribution >= 4 is 17.6 Å². The number of carbonyl (C=O) groups is 2. The average Bonchev–Trinajstić information content (AvgIpc) is 2.68. The number of para-hydroxylation sites is 2. The van der Waals surface area contributed by atoms with Crippen LogP contribution < -0.4 is 10.1 Å². The summed E-state index contributed by atoms with van der Waals surface area (Å²) in [5.74, 6) is -0.769. The number of benzene rings is 2. The van der Waals surface area contributed by atoms with Crippen molar-refractivity contribution in [3.05, 3.63) is 59.7 Å². The maximum absolute atomic E-state index is 12.4. The zero-order chi connectivity index (χ0) is 19.1. The summed E-state index contributed by atoms with van der Waals surface area (Å²) in [6.07, 6.45) is 3.24. The van der Waals surface area contributed by atoms with E-state index in [4.69, 9.17) is 9.47 Å². The van der Waals surface area contributed by atoms with Gasteiger partial charge in [0.25, 0.3) is 0 Å². The maximum atomic E-state index is 12.4. The molecular weight excluding hydrogens is 346 g/mol. The van der Waals surface area contributed by atoms with E-state index in [9.17, 15) is 14.7 Å². The van der Waals surface area contributed by atoms with Crippen molar-refractivity contribution in [3.63, 3.8) is 0 Å². The van der Waals surface area contributed by atoms with Gasteiger partial charge in [0.2, 0.25) is 5.91 Å². The molecule has 1 amide bonds. The number of hydrogen-bond acceptors (Lipinski definition) is 4. The third-order valence-corrected chi connectivity index (χ3v) is 4.46. The number of carbonyl (C=O) groups excluding carboxylic acids is 1. The summed E-state index contributed by atoms with van der Waals surface area (Å²) < 4.78 is 11.5. The molecule has 3 rings (SSSR count). The van der Waals surface area contributed by atoms with E-state index in [0.717, 1.165) is 25.9 Å². The van der Waals surface area contributed by atoms with Gasteiger partial charge in [-0.3, -0.25) is 4.79 Å². The molecule has 1 unspecified atom stereocenters. The molecule has 27 heavy (non-hydrogen) atoms. The number of carboxylic acids is 1. The quantitative estimate of drug-likeness (QED) is 0.780. The molecule has 1 aliphatic heterocycles. The van der Waals surface area contributed by atoms with Crippen molar-refractivity contribution < 1.29 is 24.2 Å². The first kappa shape index (κ1) is 18.9. The molecule has 2 aromatic rings. The standard InChI is InChI=1S/C21H23NO5/c23-20(13-15-7-1-2-9-17(15)21(24)25)22-18-10-3-4-11-19(18)27-14-16-8-5-6-12-26-16/h1-4,7,9-11,16H,5-6,8,12-14H2,(H,22,23)(H,24,25). The fraction of sp³-hybridized carbons (Fsp3) is 0.333. The molecule has 1 heterocycles. The maximum Gasteiger partial charge on any atom is 0.335 e. The highest BCUT2D eigenvalue weighted by atomic mass is 16.5. The first-order valence-electron chi connectivity index (χ1n) is 9.08. The van der Waals surface area contributed by atoms with Gasteiger partial charge < -0.3 is 19.9 Å². The minimum absolute atomic E-state index is 0.0253. The van der Waals surface area contributed by atoms with Crippen LogP contribution >= 0.6 is 0 Å². The zero-order valence-corrected chi connectivity index (χ0v) is 15.0. The van der Waals surface area contributed by atoms with E-state index in [2.05, 4.69) is 5.32 Å². The van der Waals surface area contributed by atoms with Crippen molar-refractivity contribution in [2.45, 2.75) is 31.8 Å². The van der Waals surface area contributed by atoms with Gasteiger partial charge >= 0.3 is 5.97 Å². The van der Waals surface area contributed by atoms with Crippen LogP contribution in [0.3, 0.4) is 0 Å². The molecule has 2 N–H and O–H groups in total. The third-order valence-electron chi connectivity index (χ3n) is 4.46. The van der Waals surface area contributed by atoms with Crippen LogP contribution in [-0.4, -0.2) is 36.3 Å². The predicted molar refractivity (Wildman–Crippen MR) is 101 cm³/mol. The van der Waals surface area contributed by atoms with Crippen LogP contribution in [0.25, 0.3) is 0 Å². The van der Waals surface area contributed by atoms with Gasteiger partial charge in [-0.1, -0.05) is 30.3 Å². The fourth-order valence-corrected chi connectivity index (χ4v) is 3.07. The summed E-state index contributed by atoms with van der Waals surface area (Å²) in [6.45, 7) is 1.20. The molecule has 0 aliphatic carbocycles. The first-order valence-corrected chi connectivity index (χ1v) is 9.08. The van der Waals surface area contributed by atoms with Gasteiger partial charge in [0.1, 0.15) is 12.4 Å². The van der Waals surface area contributed by atoms with Crippen molar-refractivity contribution in [2.75, 3.05) is 18.5 Å². The van der Waals surface area contributed by atoms with Crippen molar-refractivity contribution in [3.8, 4) is 5.75 Å². The summed E-state index contributed by atoms with van der Waals surface area (Å²) in [6, 6.07) is 13.7. The summed E-state index contributed by atoms with van der Waals surface area (Å²) in [7, 11) is 0. The molecule has 1 saturated heterocycles. The molecule has 142 valence electrons. The predicted octanol–water partition coefficient (Wildman–Crippen LogP) is 3.51. The second-order valence-corrected chi connectivity index (χ2v) is 6.48. The number of aromatic carboxylic acids is 1. The van der Waals surface area contributed by atoms with Crippen LogP contribution in [0.15, 0.2) is 48.5 Å². The van der Waals surface area contributed by atoms with Gasteiger partial charge in [-0.25, -0.2) is 4.79 Å². The van der Waals surface area contributed by atoms with Gasteiger partial charge in [0.05, 0.1) is 23.8 Å². The Bertz CT molecular complexity index is 799. The fourth-order valence-electron chi connectivity index (χ4n) is 3.07. The Morgan fingerprint density at radius 2 is 1.89 bits per heavy atom. The molecule has 0 saturated carbocycles. The monoisotopic (exact) mass is 369 g/mol. The molecule has 6 nitrogen and oxygen atoms in total. The van der Waals surface area contributed by atoms with Crippen molar-refractivity contribution in [2.24, 2.45) is 0 Å². The largest absolute Gasteiger partial charge is 0.489 e. The van der Waals surface area contributed by atoms with Gasteiger partial charge in [-0.15, -0.1) is 0 Å². The number of rotatable bonds is 7. The minimum Gasteiger partial charge on any atom is -0.489 e. The Hall–Kier alpha value is -2.86. The van der Waals surface area contributed by atoms with E-state index in [1.54, 1.807) is 30.3 Å². The number of anilines is 1. The Morgan fingerprint density at radius 1 is 1.11 bits per heavy atom. The molecule has 0 spiro atoms. The van der Waals surface area contributed by atoms with Crippen LogP contribution in [0.1, 0.15) is 35.2 Å². The Labute approximate surface area is 158 Å². The molecule has 0 aromatic heterocycles. The highest BCUT2D eigenvalue weighted by Crippen LogP contribution is 2.25. The molecular formula is C21H23NO5. The topological polar surface area (TPSA) is 84.9 Å². The Kier molecular flexibility index (Phi) is 6.44. The van der Waals surface area contributed by atoms with Crippen molar-refractivity contribution in [1.29, 1.82) is 0 Å². The van der Waals surface area contributed by atoms with E-state index >= 15 is 0 Å². The van der Waals surface area contributed by atoms with E-state index in [-0.39, 0.29) is 24.0 Å². The normalized spacial score (nSPS) is 16.5. The van der Waals surface area contributed by atoms with Gasteiger partial charge in [0.15, 0.2) is 0 Å². The summed E-state index contributed by atoms with van der Waals surface area (Å²) >= 11 is 0. The SMILES string of the molecule is O=C(Cc1ccccc1C(=O)O)Nc1ccccc1OCC1CCCCO1. The molecule has 0 radical (unpaired) electrons. The molecule has 6 heteroatoms. The van der Waals surface area contributed by atoms with Crippen LogP contribution in [-0.2, 0) is 16.0 Å². The second-order valence-electron chi connectivity index (χ2n) is 6.48. The van der Waals surface area contributed by atoms with E-state index in [1.165, 1.54) is 6.07 Å². The molecule has 1 atom stereocenters. The second kappa shape index (κ2) is 9.19. The smallest absolute Gasteiger partial charge is 0.335 e. The van der Waals surface area contributed by atoms with Crippen molar-refractivity contribution in [1.82, 2.24) is 0 Å². The Balaban J connectivity index is 1.63. The summed E-state index contributed by atoms with van der Waals surface area (Å²) in [4.78, 5) is 23.7. The lowest BCUT2D eigenvalue weighted by molar-refractivity contribution is -0.115. The van der Waals surface area contributed by atoms with Crippen LogP contribution in [0.5, 0.6) is 5.75 Å². The number of carboxylic acid groups (broad SMARTS) is 1. The van der Waals surface area contributed by atoms with Gasteiger partial charge in [-0.2, -0.15) is 0 Å². The third kappa shape index (κ3) is 5.31. The van der Waals surface area contributed by atoms with Gasteiger partial charge in [0, 0.05) is 6.61 Å². The first-order chi connectivity index (χ1) is 13.1. The lowest BCUT2D eigenvalue weighted by atomic mass is 10.0. The van der Waals surface area contributed by atoms with E-state index in [1.807, 2.05) is 12.1 Å².